The number of nitrogens with one attached hydrogen (secondary N) is 4. The molecule has 0 radical (unpaired) electrons. The number of pyridine rings is 1. The van der Waals surface area contributed by atoms with Crippen molar-refractivity contribution in [2.45, 2.75) is 88.6 Å². The molecule has 0 aromatic carbocycles. The summed E-state index contributed by atoms with van der Waals surface area (Å²) in [5.74, 6) is -0.883. The Morgan fingerprint density at radius 2 is 1.70 bits per heavy atom. The molecule has 0 bridgehead atoms. The number of amides is 2. The summed E-state index contributed by atoms with van der Waals surface area (Å²) in [6.45, 7) is 4.12. The normalized spacial score (nSPS) is 22.0. The molecule has 2 aromatic heterocycles. The molecule has 4 heterocycles. The van der Waals surface area contributed by atoms with Gasteiger partial charge in [0, 0.05) is 49.6 Å². The number of hydrogen-bond acceptors (Lipinski definition) is 8. The SMILES string of the molecule is CCn1ncc2c(NC3CCOCC3)c(C3=CC(C(=O)NC4CCC4)(C(=O)NC4CCC4)ON3)cnc21. The highest BCUT2D eigenvalue weighted by atomic mass is 16.7. The number of hydroxylamine groups is 1. The summed E-state index contributed by atoms with van der Waals surface area (Å²) in [6, 6.07) is 0.371. The molecule has 0 atom stereocenters. The zero-order valence-corrected chi connectivity index (χ0v) is 21.2. The van der Waals surface area contributed by atoms with Gasteiger partial charge in [0.15, 0.2) is 5.65 Å². The molecule has 6 rings (SSSR count). The van der Waals surface area contributed by atoms with Gasteiger partial charge < -0.3 is 20.7 Å². The first-order valence-electron chi connectivity index (χ1n) is 13.6. The molecule has 2 aliphatic heterocycles. The van der Waals surface area contributed by atoms with E-state index in [4.69, 9.17) is 9.57 Å². The number of nitrogens with zero attached hydrogens (tertiary/aromatic N) is 3. The lowest BCUT2D eigenvalue weighted by Gasteiger charge is -2.33. The van der Waals surface area contributed by atoms with Crippen molar-refractivity contribution in [1.82, 2.24) is 30.9 Å². The van der Waals surface area contributed by atoms with Crippen LogP contribution in [0.1, 0.15) is 63.9 Å². The number of aromatic nitrogens is 3. The molecule has 4 N–H and O–H groups in total. The first-order valence-corrected chi connectivity index (χ1v) is 13.6. The monoisotopic (exact) mass is 509 g/mol. The van der Waals surface area contributed by atoms with Gasteiger partial charge in [0.05, 0.1) is 23.0 Å². The highest BCUT2D eigenvalue weighted by Gasteiger charge is 2.52. The van der Waals surface area contributed by atoms with Crippen molar-refractivity contribution < 1.29 is 19.2 Å². The maximum atomic E-state index is 13.5. The summed E-state index contributed by atoms with van der Waals surface area (Å²) in [6.07, 6.45) is 12.7. The Morgan fingerprint density at radius 3 is 2.30 bits per heavy atom. The Kier molecular flexibility index (Phi) is 6.49. The van der Waals surface area contributed by atoms with Crippen molar-refractivity contribution in [2.75, 3.05) is 18.5 Å². The van der Waals surface area contributed by atoms with Crippen LogP contribution in [0, 0.1) is 0 Å². The molecule has 2 amide bonds. The van der Waals surface area contributed by atoms with Gasteiger partial charge in [-0.3, -0.25) is 15.1 Å². The number of fused-ring (bicyclic) bond motifs is 1. The van der Waals surface area contributed by atoms with E-state index in [2.05, 4.69) is 31.5 Å². The fourth-order valence-corrected chi connectivity index (χ4v) is 5.21. The zero-order valence-electron chi connectivity index (χ0n) is 21.2. The maximum absolute atomic E-state index is 13.5. The van der Waals surface area contributed by atoms with Gasteiger partial charge in [0.1, 0.15) is 0 Å². The van der Waals surface area contributed by atoms with E-state index in [1.54, 1.807) is 12.3 Å². The highest BCUT2D eigenvalue weighted by Crippen LogP contribution is 2.36. The third-order valence-corrected chi connectivity index (χ3v) is 8.05. The van der Waals surface area contributed by atoms with E-state index in [0.29, 0.717) is 25.5 Å². The summed E-state index contributed by atoms with van der Waals surface area (Å²) in [4.78, 5) is 37.6. The van der Waals surface area contributed by atoms with E-state index in [1.807, 2.05) is 17.8 Å². The van der Waals surface area contributed by atoms with Crippen LogP contribution in [0.3, 0.4) is 0 Å². The lowest BCUT2D eigenvalue weighted by molar-refractivity contribution is -0.158. The predicted octanol–water partition coefficient (Wildman–Crippen LogP) is 1.99. The van der Waals surface area contributed by atoms with Gasteiger partial charge in [-0.25, -0.2) is 14.5 Å². The van der Waals surface area contributed by atoms with E-state index in [1.165, 1.54) is 0 Å². The Labute approximate surface area is 215 Å². The van der Waals surface area contributed by atoms with E-state index >= 15 is 0 Å². The lowest BCUT2D eigenvalue weighted by Crippen LogP contribution is -2.61. The fraction of sp³-hybridized carbons (Fsp3) is 0.615. The van der Waals surface area contributed by atoms with Crippen LogP contribution < -0.4 is 21.4 Å². The Hall–Kier alpha value is -3.18. The molecule has 0 spiro atoms. The molecule has 198 valence electrons. The lowest BCUT2D eigenvalue weighted by atomic mass is 9.89. The molecule has 11 heteroatoms. The Morgan fingerprint density at radius 1 is 1.03 bits per heavy atom. The van der Waals surface area contributed by atoms with E-state index in [-0.39, 0.29) is 18.1 Å². The second kappa shape index (κ2) is 9.94. The topological polar surface area (TPSA) is 131 Å². The number of rotatable bonds is 8. The molecular formula is C26H35N7O4. The molecule has 37 heavy (non-hydrogen) atoms. The molecule has 1 saturated heterocycles. The molecule has 0 unspecified atom stereocenters. The van der Waals surface area contributed by atoms with Crippen molar-refractivity contribution in [3.05, 3.63) is 24.0 Å². The smallest absolute Gasteiger partial charge is 0.271 e. The predicted molar refractivity (Wildman–Crippen MR) is 137 cm³/mol. The molecule has 2 aromatic rings. The number of hydrogen-bond donors (Lipinski definition) is 4. The second-order valence-electron chi connectivity index (χ2n) is 10.5. The third-order valence-electron chi connectivity index (χ3n) is 8.05. The quantitative estimate of drug-likeness (QED) is 0.398. The van der Waals surface area contributed by atoms with Crippen LogP contribution in [-0.4, -0.2) is 63.5 Å². The first kappa shape index (κ1) is 24.2. The Bertz CT molecular complexity index is 1180. The standard InChI is InChI=1S/C26H35N7O4/c1-2-33-23-20(15-28-33)22(29-18-9-11-36-12-10-18)19(14-27-23)21-13-26(37-32-21,24(34)30-16-5-3-6-16)25(35)31-17-7-4-8-17/h13-18,32H,2-12H2,1H3,(H,27,29)(H,30,34)(H,31,35). The fourth-order valence-electron chi connectivity index (χ4n) is 5.21. The van der Waals surface area contributed by atoms with Crippen LogP contribution >= 0.6 is 0 Å². The van der Waals surface area contributed by atoms with Gasteiger partial charge in [0.2, 0.25) is 0 Å². The zero-order chi connectivity index (χ0) is 25.4. The molecule has 2 aliphatic carbocycles. The van der Waals surface area contributed by atoms with Crippen molar-refractivity contribution >= 4 is 34.2 Å². The molecule has 11 nitrogen and oxygen atoms in total. The highest BCUT2D eigenvalue weighted by molar-refractivity contribution is 6.13. The van der Waals surface area contributed by atoms with Crippen LogP contribution in [0.5, 0.6) is 0 Å². The van der Waals surface area contributed by atoms with Crippen LogP contribution in [0.15, 0.2) is 18.5 Å². The van der Waals surface area contributed by atoms with E-state index in [9.17, 15) is 9.59 Å². The van der Waals surface area contributed by atoms with E-state index in [0.717, 1.165) is 73.7 Å². The summed E-state index contributed by atoms with van der Waals surface area (Å²) in [5.41, 5.74) is 4.01. The number of ether oxygens (including phenoxy) is 1. The summed E-state index contributed by atoms with van der Waals surface area (Å²) >= 11 is 0. The van der Waals surface area contributed by atoms with Gasteiger partial charge >= 0.3 is 0 Å². The maximum Gasteiger partial charge on any atom is 0.271 e. The first-order chi connectivity index (χ1) is 18.1. The average Bonchev–Trinajstić information content (AvgIpc) is 3.50. The summed E-state index contributed by atoms with van der Waals surface area (Å²) in [5, 5.41) is 15.1. The average molecular weight is 510 g/mol. The largest absolute Gasteiger partial charge is 0.381 e. The van der Waals surface area contributed by atoms with Crippen molar-refractivity contribution in [1.29, 1.82) is 0 Å². The molecule has 2 saturated carbocycles. The van der Waals surface area contributed by atoms with Gasteiger partial charge in [-0.1, -0.05) is 0 Å². The molecule has 4 aliphatic rings. The van der Waals surface area contributed by atoms with Crippen LogP contribution in [-0.2, 0) is 25.7 Å². The number of anilines is 1. The van der Waals surface area contributed by atoms with Crippen molar-refractivity contribution in [2.24, 2.45) is 0 Å². The van der Waals surface area contributed by atoms with Crippen molar-refractivity contribution in [3.8, 4) is 0 Å². The van der Waals surface area contributed by atoms with Crippen LogP contribution in [0.4, 0.5) is 5.69 Å². The molecular weight excluding hydrogens is 474 g/mol. The minimum absolute atomic E-state index is 0.0746. The third kappa shape index (κ3) is 4.44. The number of aryl methyl sites for hydroxylation is 1. The van der Waals surface area contributed by atoms with Crippen LogP contribution in [0.2, 0.25) is 0 Å². The van der Waals surface area contributed by atoms with Gasteiger partial charge in [0.25, 0.3) is 17.4 Å². The van der Waals surface area contributed by atoms with Gasteiger partial charge in [-0.15, -0.1) is 0 Å². The number of carbonyl (C=O) groups is 2. The second-order valence-corrected chi connectivity index (χ2v) is 10.5. The van der Waals surface area contributed by atoms with Crippen molar-refractivity contribution in [3.63, 3.8) is 0 Å². The summed E-state index contributed by atoms with van der Waals surface area (Å²) in [7, 11) is 0. The van der Waals surface area contributed by atoms with E-state index < -0.39 is 17.4 Å². The minimum atomic E-state index is -1.79. The van der Waals surface area contributed by atoms with Gasteiger partial charge in [-0.2, -0.15) is 5.10 Å². The van der Waals surface area contributed by atoms with Gasteiger partial charge in [-0.05, 0) is 64.4 Å². The Balaban J connectivity index is 1.38. The molecule has 3 fully saturated rings. The summed E-state index contributed by atoms with van der Waals surface area (Å²) < 4.78 is 7.40. The minimum Gasteiger partial charge on any atom is -0.381 e. The van der Waals surface area contributed by atoms with Crippen LogP contribution in [0.25, 0.3) is 16.7 Å². The number of carbonyl (C=O) groups excluding carboxylic acids is 2.